The van der Waals surface area contributed by atoms with Crippen molar-refractivity contribution in [3.63, 3.8) is 0 Å². The van der Waals surface area contributed by atoms with Gasteiger partial charge in [0.05, 0.1) is 12.1 Å². The SMILES string of the molecule is CO[P+](=O)OS(=O)(=O)c1cc(Cl)ccc1Cl. The average Bonchev–Trinajstić information content (AvgIpc) is 2.20. The maximum atomic E-state index is 11.5. The summed E-state index contributed by atoms with van der Waals surface area (Å²) < 4.78 is 42.4. The van der Waals surface area contributed by atoms with Crippen LogP contribution in [0.15, 0.2) is 23.1 Å². The minimum atomic E-state index is -4.25. The Hall–Kier alpha value is -0.230. The van der Waals surface area contributed by atoms with Gasteiger partial charge in [0.25, 0.3) is 0 Å². The first-order valence-corrected chi connectivity index (χ1v) is 7.04. The van der Waals surface area contributed by atoms with E-state index in [2.05, 4.69) is 8.49 Å². The fourth-order valence-corrected chi connectivity index (χ4v) is 3.24. The van der Waals surface area contributed by atoms with E-state index in [0.717, 1.165) is 13.2 Å². The van der Waals surface area contributed by atoms with Crippen LogP contribution in [-0.2, 0) is 23.2 Å². The minimum absolute atomic E-state index is 0.0797. The lowest BCUT2D eigenvalue weighted by molar-refractivity contribution is 0.348. The summed E-state index contributed by atoms with van der Waals surface area (Å²) in [5.74, 6) is 0. The summed E-state index contributed by atoms with van der Waals surface area (Å²) in [7, 11) is -5.95. The maximum Gasteiger partial charge on any atom is 0.714 e. The van der Waals surface area contributed by atoms with Crippen LogP contribution >= 0.6 is 31.5 Å². The van der Waals surface area contributed by atoms with Crippen molar-refractivity contribution < 1.29 is 21.5 Å². The lowest BCUT2D eigenvalue weighted by Crippen LogP contribution is -2.02. The monoisotopic (exact) mass is 303 g/mol. The number of hydrogen-bond acceptors (Lipinski definition) is 5. The molecule has 0 spiro atoms. The molecule has 0 aromatic heterocycles. The zero-order chi connectivity index (χ0) is 12.3. The molecule has 0 aliphatic rings. The quantitative estimate of drug-likeness (QED) is 0.800. The van der Waals surface area contributed by atoms with Gasteiger partial charge in [0.2, 0.25) is 0 Å². The predicted molar refractivity (Wildman–Crippen MR) is 59.3 cm³/mol. The molecule has 88 valence electrons. The minimum Gasteiger partial charge on any atom is -0.190 e. The first kappa shape index (κ1) is 13.8. The summed E-state index contributed by atoms with van der Waals surface area (Å²) in [6.45, 7) is 0. The highest BCUT2D eigenvalue weighted by molar-refractivity contribution is 7.89. The van der Waals surface area contributed by atoms with Gasteiger partial charge in [0.15, 0.2) is 0 Å². The number of halogens is 2. The molecular formula is C7H6Cl2O5PS+. The zero-order valence-corrected chi connectivity index (χ0v) is 11.1. The van der Waals surface area contributed by atoms with Crippen LogP contribution < -0.4 is 0 Å². The molecule has 5 nitrogen and oxygen atoms in total. The van der Waals surface area contributed by atoms with Crippen molar-refractivity contribution in [1.82, 2.24) is 0 Å². The molecule has 1 rings (SSSR count). The van der Waals surface area contributed by atoms with E-state index in [0.29, 0.717) is 0 Å². The molecule has 0 aliphatic carbocycles. The molecule has 0 amide bonds. The van der Waals surface area contributed by atoms with Gasteiger partial charge in [0, 0.05) is 13.6 Å². The van der Waals surface area contributed by atoms with Gasteiger partial charge in [0.1, 0.15) is 4.90 Å². The van der Waals surface area contributed by atoms with Crippen LogP contribution in [0.5, 0.6) is 0 Å². The standard InChI is InChI=1S/C7H6Cl2O5PS/c1-13-15(10)14-16(11,12)7-4-5(8)2-3-6(7)9/h2-4H,1H3/q+1. The molecule has 16 heavy (non-hydrogen) atoms. The first-order valence-electron chi connectivity index (χ1n) is 3.78. The molecule has 0 saturated heterocycles. The van der Waals surface area contributed by atoms with Crippen molar-refractivity contribution in [3.05, 3.63) is 28.2 Å². The molecule has 0 N–H and O–H groups in total. The van der Waals surface area contributed by atoms with Crippen LogP contribution in [0.2, 0.25) is 10.0 Å². The summed E-state index contributed by atoms with van der Waals surface area (Å²) >= 11 is 11.3. The summed E-state index contributed by atoms with van der Waals surface area (Å²) in [4.78, 5) is -0.359. The van der Waals surface area contributed by atoms with Crippen LogP contribution in [0, 0.1) is 0 Å². The van der Waals surface area contributed by atoms with E-state index in [-0.39, 0.29) is 14.9 Å². The zero-order valence-electron chi connectivity index (χ0n) is 7.88. The van der Waals surface area contributed by atoms with E-state index in [1.54, 1.807) is 0 Å². The van der Waals surface area contributed by atoms with Crippen molar-refractivity contribution in [2.45, 2.75) is 4.90 Å². The highest BCUT2D eigenvalue weighted by Crippen LogP contribution is 2.33. The van der Waals surface area contributed by atoms with Crippen LogP contribution in [-0.4, -0.2) is 15.5 Å². The molecule has 1 aromatic carbocycles. The van der Waals surface area contributed by atoms with Crippen LogP contribution in [0.4, 0.5) is 0 Å². The topological polar surface area (TPSA) is 69.7 Å². The van der Waals surface area contributed by atoms with E-state index in [9.17, 15) is 13.0 Å². The normalized spacial score (nSPS) is 12.6. The van der Waals surface area contributed by atoms with E-state index < -0.39 is 18.4 Å². The van der Waals surface area contributed by atoms with Crippen molar-refractivity contribution in [2.24, 2.45) is 0 Å². The van der Waals surface area contributed by atoms with Gasteiger partial charge in [-0.25, -0.2) is 0 Å². The van der Waals surface area contributed by atoms with Crippen molar-refractivity contribution in [3.8, 4) is 0 Å². The third-order valence-electron chi connectivity index (χ3n) is 1.47. The second-order valence-corrected chi connectivity index (χ2v) is 6.11. The predicted octanol–water partition coefficient (Wildman–Crippen LogP) is 3.00. The Bertz CT molecular complexity index is 516. The largest absolute Gasteiger partial charge is 0.714 e. The second-order valence-electron chi connectivity index (χ2n) is 2.51. The Morgan fingerprint density at radius 1 is 1.31 bits per heavy atom. The molecule has 1 unspecified atom stereocenters. The van der Waals surface area contributed by atoms with Gasteiger partial charge < -0.3 is 0 Å². The lowest BCUT2D eigenvalue weighted by Gasteiger charge is -2.00. The number of benzene rings is 1. The fourth-order valence-electron chi connectivity index (χ4n) is 0.819. The summed E-state index contributed by atoms with van der Waals surface area (Å²) in [5, 5.41) is 0.0862. The maximum absolute atomic E-state index is 11.5. The van der Waals surface area contributed by atoms with Crippen molar-refractivity contribution >= 4 is 41.6 Å². The smallest absolute Gasteiger partial charge is 0.190 e. The first-order chi connectivity index (χ1) is 7.36. The van der Waals surface area contributed by atoms with Gasteiger partial charge in [-0.3, -0.25) is 0 Å². The Labute approximate surface area is 103 Å². The molecule has 0 aliphatic heterocycles. The van der Waals surface area contributed by atoms with Crippen molar-refractivity contribution in [2.75, 3.05) is 7.11 Å². The molecule has 0 heterocycles. The van der Waals surface area contributed by atoms with Crippen LogP contribution in [0.1, 0.15) is 0 Å². The van der Waals surface area contributed by atoms with E-state index in [1.807, 2.05) is 0 Å². The lowest BCUT2D eigenvalue weighted by atomic mass is 10.4. The van der Waals surface area contributed by atoms with Gasteiger partial charge in [-0.2, -0.15) is 8.42 Å². The molecule has 0 radical (unpaired) electrons. The van der Waals surface area contributed by atoms with E-state index >= 15 is 0 Å². The molecular weight excluding hydrogens is 298 g/mol. The Morgan fingerprint density at radius 2 is 1.94 bits per heavy atom. The summed E-state index contributed by atoms with van der Waals surface area (Å²) in [6, 6.07) is 3.80. The Morgan fingerprint density at radius 3 is 2.50 bits per heavy atom. The third-order valence-corrected chi connectivity index (χ3v) is 4.59. The number of hydrogen-bond donors (Lipinski definition) is 0. The third kappa shape index (κ3) is 3.38. The van der Waals surface area contributed by atoms with Crippen LogP contribution in [0.25, 0.3) is 0 Å². The Kier molecular flexibility index (Phi) is 4.67. The fraction of sp³-hybridized carbons (Fsp3) is 0.143. The molecule has 0 bridgehead atoms. The highest BCUT2D eigenvalue weighted by atomic mass is 35.5. The van der Waals surface area contributed by atoms with Gasteiger partial charge in [-0.15, -0.1) is 4.52 Å². The van der Waals surface area contributed by atoms with Gasteiger partial charge >= 0.3 is 18.4 Å². The van der Waals surface area contributed by atoms with Gasteiger partial charge in [-0.1, -0.05) is 23.2 Å². The second kappa shape index (κ2) is 5.40. The molecule has 9 heteroatoms. The molecule has 1 aromatic rings. The average molecular weight is 304 g/mol. The summed E-state index contributed by atoms with van der Waals surface area (Å²) in [6.07, 6.45) is 0. The molecule has 1 atom stereocenters. The summed E-state index contributed by atoms with van der Waals surface area (Å²) in [5.41, 5.74) is 0. The molecule has 0 saturated carbocycles. The molecule has 0 fully saturated rings. The van der Waals surface area contributed by atoms with Gasteiger partial charge in [-0.05, 0) is 18.2 Å². The van der Waals surface area contributed by atoms with E-state index in [1.165, 1.54) is 12.1 Å². The number of rotatable bonds is 4. The highest BCUT2D eigenvalue weighted by Gasteiger charge is 2.33. The van der Waals surface area contributed by atoms with Crippen molar-refractivity contribution in [1.29, 1.82) is 0 Å². The van der Waals surface area contributed by atoms with E-state index in [4.69, 9.17) is 23.2 Å². The Balaban J connectivity index is 3.17. The van der Waals surface area contributed by atoms with Crippen LogP contribution in [0.3, 0.4) is 0 Å².